The molecule has 17 nitrogen and oxygen atoms in total. The van der Waals surface area contributed by atoms with Gasteiger partial charge in [0.2, 0.25) is 11.8 Å². The molecule has 0 radical (unpaired) electrons. The average molecular weight is 899 g/mol. The van der Waals surface area contributed by atoms with Crippen LogP contribution in [0.25, 0.3) is 16.7 Å². The second-order valence-electron chi connectivity index (χ2n) is 19.2. The Kier molecular flexibility index (Phi) is 10.6. The third kappa shape index (κ3) is 7.69. The molecule has 0 spiro atoms. The van der Waals surface area contributed by atoms with Gasteiger partial charge in [0.25, 0.3) is 12.3 Å². The fraction of sp³-hybridized carbons (Fsp3) is 0.578. The Labute approximate surface area is 371 Å². The van der Waals surface area contributed by atoms with Crippen LogP contribution in [0.4, 0.5) is 24.7 Å². The smallest absolute Gasteiger partial charge is 0.329 e. The number of piperidine rings is 1. The third-order valence-corrected chi connectivity index (χ3v) is 15.0. The number of imide groups is 1. The largest absolute Gasteiger partial charge is 0.374 e. The zero-order valence-corrected chi connectivity index (χ0v) is 36.3. The SMILES string of the molecule is Cn1c(=O)n(C2CCC(=O)NC2=O)c2cccc([C@H]3C[C@](F)(CN4CCN(C[C@H]5CC[C@H](n6cc(NC(=O)c7cnn8ccc(N9CC%10C[C@@H]9CO%10)nc78)c(C(F)F)n6)CC5)CC4)C3)c21. The summed E-state index contributed by atoms with van der Waals surface area (Å²) in [5.74, 6) is -0.290. The predicted molar refractivity (Wildman–Crippen MR) is 232 cm³/mol. The highest BCUT2D eigenvalue weighted by Crippen LogP contribution is 2.49. The fourth-order valence-electron chi connectivity index (χ4n) is 11.6. The van der Waals surface area contributed by atoms with Crippen LogP contribution >= 0.6 is 0 Å². The highest BCUT2D eigenvalue weighted by Gasteiger charge is 2.48. The minimum absolute atomic E-state index is 0.0204. The van der Waals surface area contributed by atoms with Crippen molar-refractivity contribution in [3.8, 4) is 0 Å². The number of amides is 3. The van der Waals surface area contributed by atoms with Crippen LogP contribution in [0.1, 0.15) is 104 Å². The van der Waals surface area contributed by atoms with Gasteiger partial charge < -0.3 is 19.9 Å². The highest BCUT2D eigenvalue weighted by molar-refractivity contribution is 6.08. The number of piperazine rings is 1. The van der Waals surface area contributed by atoms with Crippen molar-refractivity contribution in [1.29, 1.82) is 0 Å². The van der Waals surface area contributed by atoms with E-state index >= 15 is 4.39 Å². The molecule has 8 heterocycles. The topological polar surface area (TPSA) is 169 Å². The van der Waals surface area contributed by atoms with Gasteiger partial charge in [0, 0.05) is 71.7 Å². The van der Waals surface area contributed by atoms with Crippen LogP contribution in [0.5, 0.6) is 0 Å². The van der Waals surface area contributed by atoms with Crippen LogP contribution in [0.15, 0.2) is 47.7 Å². The second-order valence-corrected chi connectivity index (χ2v) is 19.2. The maximum absolute atomic E-state index is 16.3. The first-order valence-corrected chi connectivity index (χ1v) is 23.0. The van der Waals surface area contributed by atoms with Gasteiger partial charge in [-0.15, -0.1) is 0 Å². The highest BCUT2D eigenvalue weighted by atomic mass is 19.3. The van der Waals surface area contributed by atoms with Crippen molar-refractivity contribution in [3.05, 3.63) is 70.2 Å². The summed E-state index contributed by atoms with van der Waals surface area (Å²) in [5.41, 5.74) is 0.614. The number of aryl methyl sites for hydroxylation is 1. The average Bonchev–Trinajstić information content (AvgIpc) is 4.14. The van der Waals surface area contributed by atoms with E-state index in [2.05, 4.69) is 35.5 Å². The number of hydrogen-bond acceptors (Lipinski definition) is 11. The summed E-state index contributed by atoms with van der Waals surface area (Å²) in [6, 6.07) is 6.87. The molecule has 20 heteroatoms. The van der Waals surface area contributed by atoms with E-state index < -0.39 is 35.6 Å². The number of carbonyl (C=O) groups excluding carboxylic acids is 3. The maximum atomic E-state index is 16.3. The Morgan fingerprint density at radius 2 is 1.80 bits per heavy atom. The molecule has 4 saturated heterocycles. The van der Waals surface area contributed by atoms with Crippen molar-refractivity contribution in [3.63, 3.8) is 0 Å². The molecule has 4 aliphatic heterocycles. The number of carbonyl (C=O) groups is 3. The Morgan fingerprint density at radius 3 is 2.52 bits per heavy atom. The molecule has 3 atom stereocenters. The van der Waals surface area contributed by atoms with E-state index in [1.807, 2.05) is 24.3 Å². The number of aromatic nitrogens is 7. The molecular formula is C45H53F3N12O5. The molecule has 11 rings (SSSR count). The molecule has 5 aromatic rings. The number of halogens is 3. The summed E-state index contributed by atoms with van der Waals surface area (Å²) in [4.78, 5) is 63.0. The number of anilines is 2. The summed E-state index contributed by atoms with van der Waals surface area (Å²) >= 11 is 0. The van der Waals surface area contributed by atoms with Gasteiger partial charge in [0.15, 0.2) is 11.3 Å². The van der Waals surface area contributed by atoms with Crippen molar-refractivity contribution >= 4 is 45.9 Å². The van der Waals surface area contributed by atoms with Crippen LogP contribution in [0.3, 0.4) is 0 Å². The molecule has 344 valence electrons. The number of rotatable bonds is 11. The molecule has 3 amide bonds. The molecular weight excluding hydrogens is 846 g/mol. The van der Waals surface area contributed by atoms with Gasteiger partial charge in [-0.1, -0.05) is 12.1 Å². The van der Waals surface area contributed by atoms with Crippen LogP contribution in [0.2, 0.25) is 0 Å². The van der Waals surface area contributed by atoms with E-state index in [0.29, 0.717) is 48.6 Å². The second kappa shape index (κ2) is 16.4. The molecule has 2 N–H and O–H groups in total. The lowest BCUT2D eigenvalue weighted by Gasteiger charge is -2.46. The van der Waals surface area contributed by atoms with Gasteiger partial charge in [-0.3, -0.25) is 38.4 Å². The standard InChI is InChI=1S/C45H53F3N12O5/c1-54-39-31(3-2-4-34(39)60(44(54)64)35-9-10-37(61)52-43(35)63)27-18-45(48,19-27)25-56-15-13-55(14-16-56)21-26-5-7-28(8-6-26)59-23-33(38(53-59)40(46)47)50-42(62)32-20-49-58-12-11-36(51-41(32)58)57-22-30-17-29(57)24-65-30/h2-4,11-12,20,23,26-30,35,40H,5-10,13-19,21-22,24-25H2,1H3,(H,50,62)(H,52,61,63)/t26-,27-,28-,29-,30?,35?,45+/m1/s1. The first-order chi connectivity index (χ1) is 31.4. The first-order valence-electron chi connectivity index (χ1n) is 23.0. The van der Waals surface area contributed by atoms with Crippen LogP contribution < -0.4 is 21.2 Å². The van der Waals surface area contributed by atoms with Gasteiger partial charge in [0.1, 0.15) is 23.1 Å². The Hall–Kier alpha value is -5.60. The van der Waals surface area contributed by atoms with Gasteiger partial charge >= 0.3 is 5.69 Å². The zero-order valence-electron chi connectivity index (χ0n) is 36.3. The number of nitrogens with zero attached hydrogens (tertiary/aromatic N) is 10. The zero-order chi connectivity index (χ0) is 44.7. The Balaban J connectivity index is 0.661. The molecule has 6 fully saturated rings. The van der Waals surface area contributed by atoms with Crippen LogP contribution in [0, 0.1) is 5.92 Å². The van der Waals surface area contributed by atoms with Gasteiger partial charge in [0.05, 0.1) is 47.7 Å². The maximum Gasteiger partial charge on any atom is 0.329 e. The molecule has 6 aliphatic rings. The quantitative estimate of drug-likeness (QED) is 0.181. The minimum atomic E-state index is -2.88. The number of benzene rings is 1. The van der Waals surface area contributed by atoms with Crippen LogP contribution in [-0.2, 0) is 21.4 Å². The normalized spacial score (nSPS) is 28.7. The predicted octanol–water partition coefficient (Wildman–Crippen LogP) is 4.36. The third-order valence-electron chi connectivity index (χ3n) is 15.0. The first kappa shape index (κ1) is 42.1. The summed E-state index contributed by atoms with van der Waals surface area (Å²) in [5, 5.41) is 13.6. The van der Waals surface area contributed by atoms with Crippen molar-refractivity contribution in [2.24, 2.45) is 13.0 Å². The van der Waals surface area contributed by atoms with E-state index in [9.17, 15) is 28.0 Å². The van der Waals surface area contributed by atoms with E-state index in [1.165, 1.54) is 21.5 Å². The lowest BCUT2D eigenvalue weighted by molar-refractivity contribution is -0.135. The number of ether oxygens (including phenoxy) is 1. The molecule has 2 aliphatic carbocycles. The molecule has 2 bridgehead atoms. The minimum Gasteiger partial charge on any atom is -0.374 e. The van der Waals surface area contributed by atoms with E-state index in [-0.39, 0.29) is 59.8 Å². The van der Waals surface area contributed by atoms with Crippen molar-refractivity contribution < 1.29 is 32.3 Å². The van der Waals surface area contributed by atoms with Crippen molar-refractivity contribution in [2.75, 3.05) is 62.6 Å². The molecule has 65 heavy (non-hydrogen) atoms. The molecule has 2 saturated carbocycles. The van der Waals surface area contributed by atoms with E-state index in [4.69, 9.17) is 9.72 Å². The van der Waals surface area contributed by atoms with E-state index in [1.54, 1.807) is 22.5 Å². The van der Waals surface area contributed by atoms with Gasteiger partial charge in [-0.2, -0.15) is 10.2 Å². The Morgan fingerprint density at radius 1 is 1.02 bits per heavy atom. The Bertz CT molecular complexity index is 2730. The number of imidazole rings is 1. The number of morpholine rings is 1. The van der Waals surface area contributed by atoms with E-state index in [0.717, 1.165) is 82.8 Å². The fourth-order valence-corrected chi connectivity index (χ4v) is 11.6. The number of hydrogen-bond donors (Lipinski definition) is 2. The molecule has 4 aromatic heterocycles. The molecule has 1 aromatic carbocycles. The van der Waals surface area contributed by atoms with Crippen molar-refractivity contribution in [2.45, 2.75) is 100 Å². The number of para-hydroxylation sites is 1. The summed E-state index contributed by atoms with van der Waals surface area (Å²) in [7, 11) is 1.68. The lowest BCUT2D eigenvalue weighted by atomic mass is 9.68. The summed E-state index contributed by atoms with van der Waals surface area (Å²) < 4.78 is 56.8. The molecule has 2 unspecified atom stereocenters. The number of alkyl halides is 3. The monoisotopic (exact) mass is 898 g/mol. The van der Waals surface area contributed by atoms with Gasteiger partial charge in [-0.25, -0.2) is 27.5 Å². The number of nitrogens with one attached hydrogen (secondary N) is 2. The lowest BCUT2D eigenvalue weighted by Crippen LogP contribution is -2.54. The summed E-state index contributed by atoms with van der Waals surface area (Å²) in [6.45, 7) is 5.86. The number of fused-ring (bicyclic) bond motifs is 4. The van der Waals surface area contributed by atoms with Crippen molar-refractivity contribution in [1.82, 2.24) is 48.6 Å². The van der Waals surface area contributed by atoms with Gasteiger partial charge in [-0.05, 0) is 80.9 Å². The summed E-state index contributed by atoms with van der Waals surface area (Å²) in [6.07, 6.45) is 7.44. The van der Waals surface area contributed by atoms with Crippen LogP contribution in [-0.4, -0.2) is 131 Å².